The summed E-state index contributed by atoms with van der Waals surface area (Å²) in [6.07, 6.45) is 8.64. The molecule has 0 aromatic heterocycles. The van der Waals surface area contributed by atoms with E-state index in [2.05, 4.69) is 5.32 Å². The average Bonchev–Trinajstić information content (AvgIpc) is 3.44. The van der Waals surface area contributed by atoms with E-state index in [1.807, 2.05) is 73.5 Å². The normalized spacial score (nSPS) is 14.3. The Labute approximate surface area is 233 Å². The fourth-order valence-corrected chi connectivity index (χ4v) is 4.99. The van der Waals surface area contributed by atoms with Gasteiger partial charge < -0.3 is 14.8 Å². The molecule has 7 heteroatoms. The van der Waals surface area contributed by atoms with Crippen molar-refractivity contribution in [2.24, 2.45) is 0 Å². The fourth-order valence-electron chi connectivity index (χ4n) is 4.99. The van der Waals surface area contributed by atoms with Crippen molar-refractivity contribution in [2.45, 2.75) is 89.8 Å². The SMILES string of the molecule is CCOCC(=O)CCCCCCC(=O)Nc1ccc(CN(C)[C@H](C(=O)OC2CCCC2)c2ccccc2)cc1. The molecule has 1 fully saturated rings. The summed E-state index contributed by atoms with van der Waals surface area (Å²) in [5, 5.41) is 2.96. The number of ether oxygens (including phenoxy) is 2. The van der Waals surface area contributed by atoms with Crippen LogP contribution in [0.3, 0.4) is 0 Å². The third-order valence-electron chi connectivity index (χ3n) is 7.11. The summed E-state index contributed by atoms with van der Waals surface area (Å²) in [5.74, 6) is -0.0634. The van der Waals surface area contributed by atoms with Gasteiger partial charge in [-0.05, 0) is 75.8 Å². The molecule has 2 aromatic rings. The Balaban J connectivity index is 1.44. The monoisotopic (exact) mass is 536 g/mol. The van der Waals surface area contributed by atoms with Crippen molar-refractivity contribution in [3.8, 4) is 0 Å². The molecule has 0 bridgehead atoms. The fraction of sp³-hybridized carbons (Fsp3) is 0.531. The third kappa shape index (κ3) is 10.9. The maximum Gasteiger partial charge on any atom is 0.328 e. The number of nitrogens with one attached hydrogen (secondary N) is 1. The predicted octanol–water partition coefficient (Wildman–Crippen LogP) is 6.23. The van der Waals surface area contributed by atoms with Gasteiger partial charge in [0.05, 0.1) is 0 Å². The van der Waals surface area contributed by atoms with Gasteiger partial charge in [-0.25, -0.2) is 4.79 Å². The number of likely N-dealkylation sites (N-methyl/N-ethyl adjacent to an activating group) is 1. The number of carbonyl (C=O) groups excluding carboxylic acids is 3. The lowest BCUT2D eigenvalue weighted by molar-refractivity contribution is -0.155. The van der Waals surface area contributed by atoms with Gasteiger partial charge in [0.25, 0.3) is 0 Å². The number of hydrogen-bond donors (Lipinski definition) is 1. The number of anilines is 1. The van der Waals surface area contributed by atoms with Gasteiger partial charge in [-0.1, -0.05) is 55.3 Å². The molecule has 0 heterocycles. The van der Waals surface area contributed by atoms with E-state index < -0.39 is 6.04 Å². The van der Waals surface area contributed by atoms with Gasteiger partial charge in [0, 0.05) is 31.7 Å². The molecule has 7 nitrogen and oxygen atoms in total. The number of Topliss-reactive ketones (excluding diaryl/α,β-unsaturated/α-hetero) is 1. The number of nitrogens with zero attached hydrogens (tertiary/aromatic N) is 1. The van der Waals surface area contributed by atoms with Gasteiger partial charge in [0.2, 0.25) is 5.91 Å². The molecule has 0 radical (unpaired) electrons. The second kappa shape index (κ2) is 16.8. The summed E-state index contributed by atoms with van der Waals surface area (Å²) in [6, 6.07) is 17.1. The van der Waals surface area contributed by atoms with Crippen LogP contribution in [0.1, 0.15) is 88.3 Å². The zero-order valence-corrected chi connectivity index (χ0v) is 23.5. The first-order chi connectivity index (χ1) is 19.0. The van der Waals surface area contributed by atoms with Crippen LogP contribution in [0, 0.1) is 0 Å². The Kier molecular flexibility index (Phi) is 13.2. The number of hydrogen-bond acceptors (Lipinski definition) is 6. The summed E-state index contributed by atoms with van der Waals surface area (Å²) in [4.78, 5) is 39.2. The Morgan fingerprint density at radius 3 is 2.26 bits per heavy atom. The molecule has 0 aliphatic heterocycles. The summed E-state index contributed by atoms with van der Waals surface area (Å²) < 4.78 is 11.0. The molecule has 2 aromatic carbocycles. The Bertz CT molecular complexity index is 1020. The highest BCUT2D eigenvalue weighted by atomic mass is 16.5. The number of benzene rings is 2. The Morgan fingerprint density at radius 2 is 1.59 bits per heavy atom. The number of rotatable bonds is 17. The maximum absolute atomic E-state index is 13.2. The van der Waals surface area contributed by atoms with Gasteiger partial charge in [0.15, 0.2) is 5.78 Å². The van der Waals surface area contributed by atoms with Crippen LogP contribution < -0.4 is 5.32 Å². The Morgan fingerprint density at radius 1 is 0.923 bits per heavy atom. The lowest BCUT2D eigenvalue weighted by Gasteiger charge is -2.28. The molecule has 1 N–H and O–H groups in total. The number of amides is 1. The molecular formula is C32H44N2O5. The number of unbranched alkanes of at least 4 members (excludes halogenated alkanes) is 3. The molecule has 1 aliphatic carbocycles. The zero-order chi connectivity index (χ0) is 27.9. The average molecular weight is 537 g/mol. The second-order valence-corrected chi connectivity index (χ2v) is 10.4. The first-order valence-electron chi connectivity index (χ1n) is 14.4. The van der Waals surface area contributed by atoms with Crippen molar-refractivity contribution in [2.75, 3.05) is 25.6 Å². The topological polar surface area (TPSA) is 84.9 Å². The summed E-state index contributed by atoms with van der Waals surface area (Å²) in [6.45, 7) is 3.21. The first-order valence-corrected chi connectivity index (χ1v) is 14.4. The highest BCUT2D eigenvalue weighted by Gasteiger charge is 2.30. The molecule has 39 heavy (non-hydrogen) atoms. The minimum absolute atomic E-state index is 0.00825. The summed E-state index contributed by atoms with van der Waals surface area (Å²) in [5.41, 5.74) is 2.72. The molecule has 1 atom stereocenters. The van der Waals surface area contributed by atoms with Gasteiger partial charge >= 0.3 is 5.97 Å². The number of ketones is 1. The molecule has 3 rings (SSSR count). The second-order valence-electron chi connectivity index (χ2n) is 10.4. The van der Waals surface area contributed by atoms with Crippen LogP contribution in [0.2, 0.25) is 0 Å². The molecule has 0 spiro atoms. The van der Waals surface area contributed by atoms with E-state index in [1.54, 1.807) is 0 Å². The standard InChI is InChI=1S/C32H44N2O5/c1-3-38-24-28(35)15-9-4-5-10-18-30(36)33-27-21-19-25(20-22-27)23-34(2)31(26-13-7-6-8-14-26)32(37)39-29-16-11-12-17-29/h6-8,13-14,19-22,29,31H,3-5,9-12,15-18,23-24H2,1-2H3,(H,33,36)/t31-/m0/s1. The van der Waals surface area contributed by atoms with Crippen molar-refractivity contribution in [1.82, 2.24) is 4.90 Å². The van der Waals surface area contributed by atoms with E-state index in [1.165, 1.54) is 0 Å². The van der Waals surface area contributed by atoms with E-state index in [0.717, 1.165) is 68.2 Å². The van der Waals surface area contributed by atoms with Crippen LogP contribution in [0.15, 0.2) is 54.6 Å². The van der Waals surface area contributed by atoms with Crippen LogP contribution in [0.4, 0.5) is 5.69 Å². The third-order valence-corrected chi connectivity index (χ3v) is 7.11. The molecule has 1 saturated carbocycles. The quantitative estimate of drug-likeness (QED) is 0.191. The summed E-state index contributed by atoms with van der Waals surface area (Å²) in [7, 11) is 1.94. The van der Waals surface area contributed by atoms with Crippen molar-refractivity contribution in [1.29, 1.82) is 0 Å². The molecule has 212 valence electrons. The molecule has 0 unspecified atom stereocenters. The number of esters is 1. The zero-order valence-electron chi connectivity index (χ0n) is 23.5. The van der Waals surface area contributed by atoms with Crippen LogP contribution in [-0.4, -0.2) is 48.9 Å². The van der Waals surface area contributed by atoms with Crippen LogP contribution in [-0.2, 0) is 30.4 Å². The van der Waals surface area contributed by atoms with Crippen LogP contribution >= 0.6 is 0 Å². The highest BCUT2D eigenvalue weighted by molar-refractivity contribution is 5.90. The predicted molar refractivity (Wildman–Crippen MR) is 153 cm³/mol. The smallest absolute Gasteiger partial charge is 0.328 e. The largest absolute Gasteiger partial charge is 0.461 e. The van der Waals surface area contributed by atoms with Crippen LogP contribution in [0.25, 0.3) is 0 Å². The first kappa shape index (κ1) is 30.5. The lowest BCUT2D eigenvalue weighted by Crippen LogP contribution is -2.33. The number of carbonyl (C=O) groups is 3. The van der Waals surface area contributed by atoms with Crippen molar-refractivity contribution >= 4 is 23.3 Å². The van der Waals surface area contributed by atoms with E-state index in [-0.39, 0.29) is 30.4 Å². The van der Waals surface area contributed by atoms with Crippen molar-refractivity contribution in [3.05, 3.63) is 65.7 Å². The Hall–Kier alpha value is -3.03. The van der Waals surface area contributed by atoms with Gasteiger partial charge in [-0.2, -0.15) is 0 Å². The minimum atomic E-state index is -0.478. The molecular weight excluding hydrogens is 492 g/mol. The molecule has 0 saturated heterocycles. The molecule has 1 amide bonds. The van der Waals surface area contributed by atoms with Crippen molar-refractivity contribution < 1.29 is 23.9 Å². The van der Waals surface area contributed by atoms with Crippen LogP contribution in [0.5, 0.6) is 0 Å². The van der Waals surface area contributed by atoms with Gasteiger partial charge in [-0.15, -0.1) is 0 Å². The minimum Gasteiger partial charge on any atom is -0.461 e. The van der Waals surface area contributed by atoms with E-state index in [4.69, 9.17) is 9.47 Å². The highest BCUT2D eigenvalue weighted by Crippen LogP contribution is 2.27. The van der Waals surface area contributed by atoms with Gasteiger partial charge in [0.1, 0.15) is 18.8 Å². The van der Waals surface area contributed by atoms with E-state index in [9.17, 15) is 14.4 Å². The van der Waals surface area contributed by atoms with Crippen molar-refractivity contribution in [3.63, 3.8) is 0 Å². The van der Waals surface area contributed by atoms with E-state index >= 15 is 0 Å². The summed E-state index contributed by atoms with van der Waals surface area (Å²) >= 11 is 0. The lowest BCUT2D eigenvalue weighted by atomic mass is 10.0. The van der Waals surface area contributed by atoms with E-state index in [0.29, 0.717) is 26.0 Å². The maximum atomic E-state index is 13.2. The molecule has 1 aliphatic rings. The van der Waals surface area contributed by atoms with Gasteiger partial charge in [-0.3, -0.25) is 14.5 Å².